The Balaban J connectivity index is 2.53. The highest BCUT2D eigenvalue weighted by Gasteiger charge is 2.09. The quantitative estimate of drug-likeness (QED) is 0.528. The molecule has 0 saturated carbocycles. The lowest BCUT2D eigenvalue weighted by Crippen LogP contribution is -2.25. The molecule has 60 valence electrons. The Hall–Kier alpha value is -1.25. The van der Waals surface area contributed by atoms with Crippen molar-refractivity contribution in [3.63, 3.8) is 0 Å². The number of hydrogen-bond acceptors (Lipinski definition) is 2. The smallest absolute Gasteiger partial charge is 0.413 e. The zero-order valence-electron chi connectivity index (χ0n) is 6.49. The van der Waals surface area contributed by atoms with Crippen molar-refractivity contribution >= 4 is 6.09 Å². The normalized spacial score (nSPS) is 16.3. The molecule has 0 saturated heterocycles. The molecule has 1 aliphatic rings. The van der Waals surface area contributed by atoms with Gasteiger partial charge in [-0.05, 0) is 12.5 Å². The largest absolute Gasteiger partial charge is 0.452 e. The van der Waals surface area contributed by atoms with Crippen molar-refractivity contribution in [1.82, 2.24) is 4.90 Å². The maximum atomic E-state index is 10.9. The van der Waals surface area contributed by atoms with Gasteiger partial charge < -0.3 is 4.74 Å². The van der Waals surface area contributed by atoms with Gasteiger partial charge >= 0.3 is 6.09 Å². The standard InChI is InChI=1S/C8H11NO2/c1-11-8(10)9-6-4-2-3-5-7-9/h2-4,6H,5,7H2,1H3. The van der Waals surface area contributed by atoms with Gasteiger partial charge in [-0.15, -0.1) is 0 Å². The Labute approximate surface area is 65.9 Å². The Morgan fingerprint density at radius 1 is 1.55 bits per heavy atom. The Bertz CT molecular complexity index is 196. The number of nitrogens with zero attached hydrogens (tertiary/aromatic N) is 1. The summed E-state index contributed by atoms with van der Waals surface area (Å²) >= 11 is 0. The SMILES string of the molecule is COC(=O)N1C=CC=CCC1. The second-order valence-corrected chi connectivity index (χ2v) is 2.22. The van der Waals surface area contributed by atoms with Crippen LogP contribution in [0.15, 0.2) is 24.4 Å². The molecule has 0 N–H and O–H groups in total. The Morgan fingerprint density at radius 3 is 3.09 bits per heavy atom. The molecule has 1 aliphatic heterocycles. The van der Waals surface area contributed by atoms with Gasteiger partial charge in [0.05, 0.1) is 7.11 Å². The first kappa shape index (κ1) is 7.85. The highest BCUT2D eigenvalue weighted by atomic mass is 16.5. The number of allylic oxidation sites excluding steroid dienone is 2. The van der Waals surface area contributed by atoms with Crippen LogP contribution in [0.25, 0.3) is 0 Å². The maximum absolute atomic E-state index is 10.9. The lowest BCUT2D eigenvalue weighted by molar-refractivity contribution is 0.140. The summed E-state index contributed by atoms with van der Waals surface area (Å²) in [6.45, 7) is 0.694. The van der Waals surface area contributed by atoms with Crippen LogP contribution in [0.4, 0.5) is 4.79 Å². The van der Waals surface area contributed by atoms with E-state index >= 15 is 0 Å². The minimum Gasteiger partial charge on any atom is -0.452 e. The van der Waals surface area contributed by atoms with Crippen LogP contribution in [-0.2, 0) is 4.74 Å². The number of carbonyl (C=O) groups is 1. The van der Waals surface area contributed by atoms with Gasteiger partial charge in [0.15, 0.2) is 0 Å². The fourth-order valence-corrected chi connectivity index (χ4v) is 0.886. The maximum Gasteiger partial charge on any atom is 0.413 e. The molecule has 1 heterocycles. The van der Waals surface area contributed by atoms with Crippen molar-refractivity contribution in [3.8, 4) is 0 Å². The molecule has 0 aromatic rings. The third-order valence-corrected chi connectivity index (χ3v) is 1.46. The molecule has 1 amide bonds. The Kier molecular flexibility index (Phi) is 2.72. The molecule has 0 fully saturated rings. The van der Waals surface area contributed by atoms with Gasteiger partial charge in [-0.1, -0.05) is 12.2 Å². The van der Waals surface area contributed by atoms with Crippen LogP contribution in [0.2, 0.25) is 0 Å². The molecule has 0 aliphatic carbocycles. The van der Waals surface area contributed by atoms with E-state index in [0.29, 0.717) is 6.54 Å². The molecule has 0 aromatic heterocycles. The van der Waals surface area contributed by atoms with Crippen molar-refractivity contribution in [2.75, 3.05) is 13.7 Å². The number of methoxy groups -OCH3 is 1. The predicted octanol–water partition coefficient (Wildman–Crippen LogP) is 1.53. The molecule has 0 spiro atoms. The first-order chi connectivity index (χ1) is 5.34. The van der Waals surface area contributed by atoms with Gasteiger partial charge in [-0.2, -0.15) is 0 Å². The van der Waals surface area contributed by atoms with Crippen molar-refractivity contribution in [3.05, 3.63) is 24.4 Å². The molecular formula is C8H11NO2. The van der Waals surface area contributed by atoms with Crippen molar-refractivity contribution in [1.29, 1.82) is 0 Å². The minimum atomic E-state index is -0.301. The van der Waals surface area contributed by atoms with E-state index in [2.05, 4.69) is 4.74 Å². The number of rotatable bonds is 0. The molecular weight excluding hydrogens is 142 g/mol. The van der Waals surface area contributed by atoms with Crippen LogP contribution in [0.1, 0.15) is 6.42 Å². The first-order valence-corrected chi connectivity index (χ1v) is 3.52. The monoisotopic (exact) mass is 153 g/mol. The zero-order chi connectivity index (χ0) is 8.10. The summed E-state index contributed by atoms with van der Waals surface area (Å²) in [6, 6.07) is 0. The molecule has 0 bridgehead atoms. The van der Waals surface area contributed by atoms with Crippen LogP contribution in [0.3, 0.4) is 0 Å². The third kappa shape index (κ3) is 2.11. The van der Waals surface area contributed by atoms with Gasteiger partial charge in [0, 0.05) is 12.7 Å². The lowest BCUT2D eigenvalue weighted by atomic mass is 10.4. The van der Waals surface area contributed by atoms with Crippen LogP contribution in [0.5, 0.6) is 0 Å². The summed E-state index contributed by atoms with van der Waals surface area (Å²) < 4.78 is 4.55. The molecule has 11 heavy (non-hydrogen) atoms. The fourth-order valence-electron chi connectivity index (χ4n) is 0.886. The molecule has 3 nitrogen and oxygen atoms in total. The highest BCUT2D eigenvalue weighted by Crippen LogP contribution is 2.01. The summed E-state index contributed by atoms with van der Waals surface area (Å²) in [6.07, 6.45) is 8.05. The van der Waals surface area contributed by atoms with Crippen molar-refractivity contribution < 1.29 is 9.53 Å². The second kappa shape index (κ2) is 3.81. The minimum absolute atomic E-state index is 0.301. The van der Waals surface area contributed by atoms with Gasteiger partial charge in [0.2, 0.25) is 0 Å². The van der Waals surface area contributed by atoms with Crippen molar-refractivity contribution in [2.45, 2.75) is 6.42 Å². The van der Waals surface area contributed by atoms with Gasteiger partial charge in [-0.25, -0.2) is 4.79 Å². The topological polar surface area (TPSA) is 29.5 Å². The van der Waals surface area contributed by atoms with Crippen LogP contribution < -0.4 is 0 Å². The molecule has 0 atom stereocenters. The zero-order valence-corrected chi connectivity index (χ0v) is 6.49. The average Bonchev–Trinajstić information content (AvgIpc) is 2.30. The van der Waals surface area contributed by atoms with E-state index in [0.717, 1.165) is 6.42 Å². The highest BCUT2D eigenvalue weighted by molar-refractivity contribution is 5.68. The molecule has 0 aromatic carbocycles. The van der Waals surface area contributed by atoms with Gasteiger partial charge in [-0.3, -0.25) is 4.90 Å². The summed E-state index contributed by atoms with van der Waals surface area (Å²) in [7, 11) is 1.38. The van der Waals surface area contributed by atoms with Crippen LogP contribution >= 0.6 is 0 Å². The Morgan fingerprint density at radius 2 is 2.36 bits per heavy atom. The van der Waals surface area contributed by atoms with Crippen LogP contribution in [-0.4, -0.2) is 24.6 Å². The van der Waals surface area contributed by atoms with Crippen LogP contribution in [0, 0.1) is 0 Å². The first-order valence-electron chi connectivity index (χ1n) is 3.52. The van der Waals surface area contributed by atoms with E-state index in [-0.39, 0.29) is 6.09 Å². The van der Waals surface area contributed by atoms with E-state index < -0.39 is 0 Å². The van der Waals surface area contributed by atoms with E-state index in [1.807, 2.05) is 18.2 Å². The predicted molar refractivity (Wildman–Crippen MR) is 42.0 cm³/mol. The number of ether oxygens (including phenoxy) is 1. The van der Waals surface area contributed by atoms with Gasteiger partial charge in [0.1, 0.15) is 0 Å². The summed E-state index contributed by atoms with van der Waals surface area (Å²) in [5.41, 5.74) is 0. The fraction of sp³-hybridized carbons (Fsp3) is 0.375. The lowest BCUT2D eigenvalue weighted by Gasteiger charge is -2.13. The summed E-state index contributed by atoms with van der Waals surface area (Å²) in [5, 5.41) is 0. The van der Waals surface area contributed by atoms with Gasteiger partial charge in [0.25, 0.3) is 0 Å². The van der Waals surface area contributed by atoms with E-state index in [1.165, 1.54) is 7.11 Å². The second-order valence-electron chi connectivity index (χ2n) is 2.22. The molecule has 0 unspecified atom stereocenters. The van der Waals surface area contributed by atoms with E-state index in [9.17, 15) is 4.79 Å². The third-order valence-electron chi connectivity index (χ3n) is 1.46. The average molecular weight is 153 g/mol. The van der Waals surface area contributed by atoms with E-state index in [4.69, 9.17) is 0 Å². The van der Waals surface area contributed by atoms with E-state index in [1.54, 1.807) is 11.1 Å². The molecule has 0 radical (unpaired) electrons. The molecule has 1 rings (SSSR count). The summed E-state index contributed by atoms with van der Waals surface area (Å²) in [4.78, 5) is 12.5. The van der Waals surface area contributed by atoms with Crippen molar-refractivity contribution in [2.24, 2.45) is 0 Å². The summed E-state index contributed by atoms with van der Waals surface area (Å²) in [5.74, 6) is 0. The number of amides is 1. The molecule has 3 heteroatoms. The number of carbonyl (C=O) groups excluding carboxylic acids is 1. The number of hydrogen-bond donors (Lipinski definition) is 0.